The maximum atomic E-state index is 5.39. The molecule has 3 nitrogen and oxygen atoms in total. The second-order valence-corrected chi connectivity index (χ2v) is 6.80. The normalized spacial score (nSPS) is 13.7. The summed E-state index contributed by atoms with van der Waals surface area (Å²) in [7, 11) is 1.98. The molecule has 0 aliphatic carbocycles. The highest BCUT2D eigenvalue weighted by Gasteiger charge is 2.20. The van der Waals surface area contributed by atoms with Crippen LogP contribution in [-0.2, 0) is 11.8 Å². The van der Waals surface area contributed by atoms with Crippen molar-refractivity contribution >= 4 is 11.3 Å². The Morgan fingerprint density at radius 3 is 2.63 bits per heavy atom. The second kappa shape index (κ2) is 5.47. The lowest BCUT2D eigenvalue weighted by atomic mass is 9.93. The van der Waals surface area contributed by atoms with E-state index in [0.29, 0.717) is 0 Å². The Balaban J connectivity index is 2.16. The van der Waals surface area contributed by atoms with Crippen LogP contribution in [0.1, 0.15) is 48.8 Å². The lowest BCUT2D eigenvalue weighted by molar-refractivity contribution is 0.510. The summed E-state index contributed by atoms with van der Waals surface area (Å²) in [6.45, 7) is 8.59. The largest absolute Gasteiger partial charge is 0.469 e. The molecule has 0 aliphatic rings. The number of hydrogen-bond acceptors (Lipinski definition) is 4. The van der Waals surface area contributed by atoms with Gasteiger partial charge in [-0.25, -0.2) is 4.98 Å². The number of nitrogens with one attached hydrogen (secondary N) is 1. The smallest absolute Gasteiger partial charge is 0.105 e. The number of rotatable bonds is 4. The fourth-order valence-electron chi connectivity index (χ4n) is 2.05. The highest BCUT2D eigenvalue weighted by Crippen LogP contribution is 2.27. The maximum Gasteiger partial charge on any atom is 0.105 e. The quantitative estimate of drug-likeness (QED) is 0.923. The molecule has 2 aromatic heterocycles. The molecule has 0 bridgehead atoms. The third-order valence-electron chi connectivity index (χ3n) is 3.32. The molecule has 0 aliphatic heterocycles. The number of furan rings is 1. The molecule has 104 valence electrons. The monoisotopic (exact) mass is 278 g/mol. The van der Waals surface area contributed by atoms with Crippen LogP contribution in [0.5, 0.6) is 0 Å². The van der Waals surface area contributed by atoms with Crippen LogP contribution in [-0.4, -0.2) is 12.0 Å². The highest BCUT2D eigenvalue weighted by molar-refractivity contribution is 7.09. The zero-order valence-corrected chi connectivity index (χ0v) is 13.1. The minimum Gasteiger partial charge on any atom is -0.469 e. The van der Waals surface area contributed by atoms with Crippen molar-refractivity contribution in [3.63, 3.8) is 0 Å². The molecule has 4 heteroatoms. The van der Waals surface area contributed by atoms with E-state index in [-0.39, 0.29) is 11.5 Å². The van der Waals surface area contributed by atoms with Gasteiger partial charge in [0.1, 0.15) is 5.76 Å². The third-order valence-corrected chi connectivity index (χ3v) is 4.19. The molecule has 1 N–H and O–H groups in total. The van der Waals surface area contributed by atoms with Crippen LogP contribution in [0.2, 0.25) is 0 Å². The molecule has 0 saturated heterocycles. The van der Waals surface area contributed by atoms with Gasteiger partial charge in [0.2, 0.25) is 0 Å². The number of hydrogen-bond donors (Lipinski definition) is 1. The minimum absolute atomic E-state index is 0.120. The Morgan fingerprint density at radius 1 is 1.42 bits per heavy atom. The molecule has 19 heavy (non-hydrogen) atoms. The molecule has 0 aromatic carbocycles. The Bertz CT molecular complexity index is 536. The lowest BCUT2D eigenvalue weighted by Crippen LogP contribution is -2.19. The first-order chi connectivity index (χ1) is 8.91. The molecule has 0 radical (unpaired) electrons. The summed E-state index contributed by atoms with van der Waals surface area (Å²) in [5, 5.41) is 6.69. The van der Waals surface area contributed by atoms with Crippen molar-refractivity contribution in [2.75, 3.05) is 7.05 Å². The van der Waals surface area contributed by atoms with Gasteiger partial charge in [0, 0.05) is 28.8 Å². The van der Waals surface area contributed by atoms with E-state index in [0.717, 1.165) is 12.2 Å². The van der Waals surface area contributed by atoms with Gasteiger partial charge in [-0.05, 0) is 20.0 Å². The molecule has 0 amide bonds. The first-order valence-electron chi connectivity index (χ1n) is 6.58. The van der Waals surface area contributed by atoms with Gasteiger partial charge in [-0.3, -0.25) is 0 Å². The van der Waals surface area contributed by atoms with Crippen molar-refractivity contribution in [1.82, 2.24) is 10.3 Å². The Kier molecular flexibility index (Phi) is 4.11. The number of likely N-dealkylation sites (N-methyl/N-ethyl adjacent to an activating group) is 1. The van der Waals surface area contributed by atoms with Crippen molar-refractivity contribution in [2.24, 2.45) is 0 Å². The van der Waals surface area contributed by atoms with Crippen LogP contribution in [0.15, 0.2) is 22.1 Å². The Labute approximate surface area is 119 Å². The fourth-order valence-corrected chi connectivity index (χ4v) is 3.12. The number of aryl methyl sites for hydroxylation is 1. The Hall–Kier alpha value is -1.13. The molecule has 2 heterocycles. The summed E-state index contributed by atoms with van der Waals surface area (Å²) in [5.74, 6) is 0.979. The van der Waals surface area contributed by atoms with E-state index in [9.17, 15) is 0 Å². The van der Waals surface area contributed by atoms with Crippen LogP contribution in [0, 0.1) is 6.92 Å². The summed E-state index contributed by atoms with van der Waals surface area (Å²) in [6, 6.07) is 2.30. The topological polar surface area (TPSA) is 38.1 Å². The van der Waals surface area contributed by atoms with Crippen LogP contribution in [0.25, 0.3) is 0 Å². The fraction of sp³-hybridized carbons (Fsp3) is 0.533. The van der Waals surface area contributed by atoms with E-state index in [1.165, 1.54) is 16.3 Å². The average Bonchev–Trinajstić information content (AvgIpc) is 2.94. The molecule has 1 unspecified atom stereocenters. The molecule has 2 rings (SSSR count). The standard InChI is InChI=1S/C15H22N2OS/c1-10-11(6-7-18-10)12(16-5)8-14-17-13(9-19-14)15(2,3)4/h6-7,9,12,16H,8H2,1-5H3. The zero-order chi connectivity index (χ0) is 14.0. The summed E-state index contributed by atoms with van der Waals surface area (Å²) >= 11 is 1.74. The highest BCUT2D eigenvalue weighted by atomic mass is 32.1. The van der Waals surface area contributed by atoms with Crippen LogP contribution in [0.4, 0.5) is 0 Å². The van der Waals surface area contributed by atoms with Gasteiger partial charge >= 0.3 is 0 Å². The van der Waals surface area contributed by atoms with Gasteiger partial charge in [-0.1, -0.05) is 20.8 Å². The van der Waals surface area contributed by atoms with Crippen molar-refractivity contribution in [1.29, 1.82) is 0 Å². The summed E-state index contributed by atoms with van der Waals surface area (Å²) < 4.78 is 5.39. The molecular formula is C15H22N2OS. The van der Waals surface area contributed by atoms with E-state index in [2.05, 4.69) is 31.5 Å². The van der Waals surface area contributed by atoms with Crippen molar-refractivity contribution in [2.45, 2.75) is 45.6 Å². The van der Waals surface area contributed by atoms with Gasteiger partial charge in [0.25, 0.3) is 0 Å². The summed E-state index contributed by atoms with van der Waals surface area (Å²) in [5.41, 5.74) is 2.51. The first kappa shape index (κ1) is 14.3. The van der Waals surface area contributed by atoms with Gasteiger partial charge < -0.3 is 9.73 Å². The van der Waals surface area contributed by atoms with Gasteiger partial charge in [-0.15, -0.1) is 11.3 Å². The molecule has 0 spiro atoms. The molecule has 0 saturated carbocycles. The van der Waals surface area contributed by atoms with Crippen LogP contribution < -0.4 is 5.32 Å². The molecule has 1 atom stereocenters. The maximum absolute atomic E-state index is 5.39. The van der Waals surface area contributed by atoms with E-state index >= 15 is 0 Å². The molecule has 2 aromatic rings. The SMILES string of the molecule is CNC(Cc1nc(C(C)(C)C)cs1)c1ccoc1C. The van der Waals surface area contributed by atoms with Crippen LogP contribution >= 0.6 is 11.3 Å². The lowest BCUT2D eigenvalue weighted by Gasteiger charge is -2.15. The zero-order valence-electron chi connectivity index (χ0n) is 12.3. The minimum atomic E-state index is 0.120. The van der Waals surface area contributed by atoms with Gasteiger partial charge in [-0.2, -0.15) is 0 Å². The first-order valence-corrected chi connectivity index (χ1v) is 7.46. The van der Waals surface area contributed by atoms with Gasteiger partial charge in [0.15, 0.2) is 0 Å². The van der Waals surface area contributed by atoms with E-state index in [1.807, 2.05) is 20.0 Å². The predicted molar refractivity (Wildman–Crippen MR) is 79.8 cm³/mol. The summed E-state index contributed by atoms with van der Waals surface area (Å²) in [6.07, 6.45) is 2.65. The Morgan fingerprint density at radius 2 is 2.16 bits per heavy atom. The average molecular weight is 278 g/mol. The molecule has 0 fully saturated rings. The predicted octanol–water partition coefficient (Wildman–Crippen LogP) is 3.85. The van der Waals surface area contributed by atoms with Crippen molar-refractivity contribution in [3.8, 4) is 0 Å². The van der Waals surface area contributed by atoms with Crippen LogP contribution in [0.3, 0.4) is 0 Å². The van der Waals surface area contributed by atoms with E-state index < -0.39 is 0 Å². The second-order valence-electron chi connectivity index (χ2n) is 5.85. The number of aromatic nitrogens is 1. The number of thiazole rings is 1. The van der Waals surface area contributed by atoms with Crippen molar-refractivity contribution < 1.29 is 4.42 Å². The number of nitrogens with zero attached hydrogens (tertiary/aromatic N) is 1. The van der Waals surface area contributed by atoms with Gasteiger partial charge in [0.05, 0.1) is 17.0 Å². The molecular weight excluding hydrogens is 256 g/mol. The van der Waals surface area contributed by atoms with Crippen molar-refractivity contribution in [3.05, 3.63) is 39.7 Å². The third kappa shape index (κ3) is 3.25. The van der Waals surface area contributed by atoms with E-state index in [4.69, 9.17) is 9.40 Å². The van der Waals surface area contributed by atoms with E-state index in [1.54, 1.807) is 17.6 Å². The summed E-state index contributed by atoms with van der Waals surface area (Å²) in [4.78, 5) is 4.76.